The van der Waals surface area contributed by atoms with Crippen LogP contribution in [0.2, 0.25) is 10.0 Å². The van der Waals surface area contributed by atoms with Crippen molar-refractivity contribution in [2.45, 2.75) is 19.1 Å². The predicted molar refractivity (Wildman–Crippen MR) is 86.6 cm³/mol. The molecule has 1 aromatic rings. The first-order valence-electron chi connectivity index (χ1n) is 6.48. The fourth-order valence-electron chi connectivity index (χ4n) is 2.25. The number of hydrogen-bond donors (Lipinski definition) is 2. The molecule has 122 valence electrons. The van der Waals surface area contributed by atoms with E-state index < -0.39 is 28.0 Å². The summed E-state index contributed by atoms with van der Waals surface area (Å²) in [5, 5.41) is 5.97. The summed E-state index contributed by atoms with van der Waals surface area (Å²) in [7, 11) is -1.80. The SMILES string of the molecule is COC1CS(=O)(=O)CC1NC(=O)Nc1cc(Cl)c(C)cc1Cl. The van der Waals surface area contributed by atoms with Crippen LogP contribution in [-0.4, -0.2) is 45.2 Å². The predicted octanol–water partition coefficient (Wildman–Crippen LogP) is 2.24. The molecule has 0 bridgehead atoms. The molecule has 22 heavy (non-hydrogen) atoms. The van der Waals surface area contributed by atoms with Crippen LogP contribution in [-0.2, 0) is 14.6 Å². The maximum absolute atomic E-state index is 12.0. The molecule has 1 heterocycles. The van der Waals surface area contributed by atoms with Crippen molar-refractivity contribution in [3.8, 4) is 0 Å². The van der Waals surface area contributed by atoms with Gasteiger partial charge in [0.15, 0.2) is 9.84 Å². The first-order chi connectivity index (χ1) is 10.2. The molecule has 2 rings (SSSR count). The first kappa shape index (κ1) is 17.3. The van der Waals surface area contributed by atoms with Gasteiger partial charge in [-0.15, -0.1) is 0 Å². The normalized spacial score (nSPS) is 23.3. The Morgan fingerprint density at radius 3 is 2.59 bits per heavy atom. The number of benzene rings is 1. The molecule has 0 aromatic heterocycles. The lowest BCUT2D eigenvalue weighted by Crippen LogP contribution is -2.45. The summed E-state index contributed by atoms with van der Waals surface area (Å²) in [6, 6.07) is 2.01. The maximum atomic E-state index is 12.0. The number of nitrogens with one attached hydrogen (secondary N) is 2. The number of methoxy groups -OCH3 is 1. The topological polar surface area (TPSA) is 84.5 Å². The molecule has 1 aliphatic rings. The summed E-state index contributed by atoms with van der Waals surface area (Å²) >= 11 is 12.0. The van der Waals surface area contributed by atoms with Crippen LogP contribution >= 0.6 is 23.2 Å². The molecule has 9 heteroatoms. The van der Waals surface area contributed by atoms with Gasteiger partial charge < -0.3 is 15.4 Å². The molecule has 6 nitrogen and oxygen atoms in total. The van der Waals surface area contributed by atoms with Crippen LogP contribution in [0.3, 0.4) is 0 Å². The molecule has 1 fully saturated rings. The van der Waals surface area contributed by atoms with E-state index in [-0.39, 0.29) is 11.5 Å². The third kappa shape index (κ3) is 4.04. The number of hydrogen-bond acceptors (Lipinski definition) is 4. The number of halogens is 2. The number of anilines is 1. The van der Waals surface area contributed by atoms with Gasteiger partial charge in [0.1, 0.15) is 0 Å². The Bertz CT molecular complexity index is 694. The number of ether oxygens (including phenoxy) is 1. The first-order valence-corrected chi connectivity index (χ1v) is 9.06. The van der Waals surface area contributed by atoms with Crippen LogP contribution in [0.15, 0.2) is 12.1 Å². The van der Waals surface area contributed by atoms with E-state index in [1.165, 1.54) is 13.2 Å². The Balaban J connectivity index is 2.06. The van der Waals surface area contributed by atoms with Gasteiger partial charge in [0.25, 0.3) is 0 Å². The Kier molecular flexibility index (Phi) is 5.21. The molecule has 0 radical (unpaired) electrons. The molecule has 0 aliphatic carbocycles. The van der Waals surface area contributed by atoms with E-state index in [4.69, 9.17) is 27.9 Å². The van der Waals surface area contributed by atoms with Crippen LogP contribution < -0.4 is 10.6 Å². The lowest BCUT2D eigenvalue weighted by atomic mass is 10.2. The van der Waals surface area contributed by atoms with Crippen LogP contribution in [0, 0.1) is 6.92 Å². The van der Waals surface area contributed by atoms with E-state index in [9.17, 15) is 13.2 Å². The van der Waals surface area contributed by atoms with Gasteiger partial charge in [-0.05, 0) is 24.6 Å². The number of carbonyl (C=O) groups is 1. The zero-order chi connectivity index (χ0) is 16.5. The summed E-state index contributed by atoms with van der Waals surface area (Å²) in [6.07, 6.45) is -0.562. The fraction of sp³-hybridized carbons (Fsp3) is 0.462. The Morgan fingerprint density at radius 2 is 1.95 bits per heavy atom. The smallest absolute Gasteiger partial charge is 0.319 e. The standard InChI is InChI=1S/C13H16Cl2N2O4S/c1-7-3-9(15)10(4-8(7)14)16-13(18)17-11-5-22(19,20)6-12(11)21-2/h3-4,11-12H,5-6H2,1-2H3,(H2,16,17,18). The molecular weight excluding hydrogens is 351 g/mol. The number of amides is 2. The van der Waals surface area contributed by atoms with E-state index in [2.05, 4.69) is 10.6 Å². The molecule has 1 aliphatic heterocycles. The van der Waals surface area contributed by atoms with E-state index >= 15 is 0 Å². The Labute approximate surface area is 139 Å². The van der Waals surface area contributed by atoms with E-state index in [1.807, 2.05) is 0 Å². The van der Waals surface area contributed by atoms with Crippen LogP contribution in [0.1, 0.15) is 5.56 Å². The monoisotopic (exact) mass is 366 g/mol. The van der Waals surface area contributed by atoms with Crippen LogP contribution in [0.5, 0.6) is 0 Å². The molecule has 1 saturated heterocycles. The number of carbonyl (C=O) groups excluding carboxylic acids is 1. The molecule has 0 saturated carbocycles. The van der Waals surface area contributed by atoms with Gasteiger partial charge in [0.05, 0.1) is 34.4 Å². The zero-order valence-corrected chi connectivity index (χ0v) is 14.3. The summed E-state index contributed by atoms with van der Waals surface area (Å²) < 4.78 is 28.3. The third-order valence-electron chi connectivity index (χ3n) is 3.42. The largest absolute Gasteiger partial charge is 0.378 e. The van der Waals surface area contributed by atoms with Crippen LogP contribution in [0.25, 0.3) is 0 Å². The highest BCUT2D eigenvalue weighted by Crippen LogP contribution is 2.28. The lowest BCUT2D eigenvalue weighted by molar-refractivity contribution is 0.102. The third-order valence-corrected chi connectivity index (χ3v) is 5.84. The van der Waals surface area contributed by atoms with Crippen molar-refractivity contribution < 1.29 is 17.9 Å². The van der Waals surface area contributed by atoms with Gasteiger partial charge in [-0.25, -0.2) is 13.2 Å². The quantitative estimate of drug-likeness (QED) is 0.858. The molecule has 2 unspecified atom stereocenters. The van der Waals surface area contributed by atoms with Gasteiger partial charge in [0, 0.05) is 12.1 Å². The van der Waals surface area contributed by atoms with Crippen molar-refractivity contribution in [1.29, 1.82) is 0 Å². The number of rotatable bonds is 3. The average Bonchev–Trinajstić information content (AvgIpc) is 2.70. The molecule has 2 amide bonds. The molecular formula is C13H16Cl2N2O4S. The van der Waals surface area contributed by atoms with Gasteiger partial charge in [-0.2, -0.15) is 0 Å². The van der Waals surface area contributed by atoms with Crippen LogP contribution in [0.4, 0.5) is 10.5 Å². The second kappa shape index (κ2) is 6.62. The highest BCUT2D eigenvalue weighted by atomic mass is 35.5. The summed E-state index contributed by atoms with van der Waals surface area (Å²) in [5.41, 5.74) is 1.14. The average molecular weight is 367 g/mol. The number of aryl methyl sites for hydroxylation is 1. The second-order valence-electron chi connectivity index (χ2n) is 5.14. The minimum atomic E-state index is -3.21. The van der Waals surface area contributed by atoms with E-state index in [0.29, 0.717) is 15.7 Å². The lowest BCUT2D eigenvalue weighted by Gasteiger charge is -2.18. The molecule has 2 atom stereocenters. The minimum absolute atomic E-state index is 0.106. The van der Waals surface area contributed by atoms with Crippen molar-refractivity contribution >= 4 is 44.8 Å². The van der Waals surface area contributed by atoms with Gasteiger partial charge in [-0.1, -0.05) is 23.2 Å². The van der Waals surface area contributed by atoms with Gasteiger partial charge >= 0.3 is 6.03 Å². The molecule has 1 aromatic carbocycles. The fourth-order valence-corrected chi connectivity index (χ4v) is 4.53. The van der Waals surface area contributed by atoms with Gasteiger partial charge in [-0.3, -0.25) is 0 Å². The second-order valence-corrected chi connectivity index (χ2v) is 8.11. The Morgan fingerprint density at radius 1 is 1.27 bits per heavy atom. The number of sulfone groups is 1. The highest BCUT2D eigenvalue weighted by molar-refractivity contribution is 7.91. The molecule has 0 spiro atoms. The van der Waals surface area contributed by atoms with E-state index in [0.717, 1.165) is 5.56 Å². The minimum Gasteiger partial charge on any atom is -0.378 e. The summed E-state index contributed by atoms with van der Waals surface area (Å²) in [4.78, 5) is 12.0. The molecule has 2 N–H and O–H groups in total. The van der Waals surface area contributed by atoms with Crippen molar-refractivity contribution in [3.63, 3.8) is 0 Å². The maximum Gasteiger partial charge on any atom is 0.319 e. The van der Waals surface area contributed by atoms with E-state index in [1.54, 1.807) is 13.0 Å². The Hall–Kier alpha value is -1.02. The van der Waals surface area contributed by atoms with Gasteiger partial charge in [0.2, 0.25) is 0 Å². The van der Waals surface area contributed by atoms with Crippen molar-refractivity contribution in [2.24, 2.45) is 0 Å². The zero-order valence-electron chi connectivity index (χ0n) is 12.0. The number of urea groups is 1. The summed E-state index contributed by atoms with van der Waals surface area (Å²) in [6.45, 7) is 1.80. The highest BCUT2D eigenvalue weighted by Gasteiger charge is 2.38. The van der Waals surface area contributed by atoms with Crippen molar-refractivity contribution in [2.75, 3.05) is 23.9 Å². The van der Waals surface area contributed by atoms with Crippen molar-refractivity contribution in [3.05, 3.63) is 27.7 Å². The summed E-state index contributed by atoms with van der Waals surface area (Å²) in [5.74, 6) is -0.257. The van der Waals surface area contributed by atoms with Crippen molar-refractivity contribution in [1.82, 2.24) is 5.32 Å².